The summed E-state index contributed by atoms with van der Waals surface area (Å²) in [5.74, 6) is 7.04. The minimum Gasteiger partial charge on any atom is -0.497 e. The third-order valence-electron chi connectivity index (χ3n) is 4.99. The molecule has 1 aliphatic rings. The highest BCUT2D eigenvalue weighted by Gasteiger charge is 2.29. The number of allylic oxidation sites excluding steroid dienone is 2. The Morgan fingerprint density at radius 1 is 1.03 bits per heavy atom. The molecule has 0 amide bonds. The summed E-state index contributed by atoms with van der Waals surface area (Å²) >= 11 is 0. The Kier molecular flexibility index (Phi) is 6.66. The number of ether oxygens (including phenoxy) is 1. The standard InChI is InChI=1S/C24H27NO3S/c1-19-9-17-24(18-10-19)29(26,27)25(22-13-15-23(28-3)16-14-22)20(2)11-12-21-7-5-4-6-8-21/h7,9-10,13-18,20H,4-6,8H2,1-3H3. The van der Waals surface area contributed by atoms with Crippen molar-refractivity contribution in [3.05, 3.63) is 65.7 Å². The number of benzene rings is 2. The highest BCUT2D eigenvalue weighted by molar-refractivity contribution is 7.92. The molecular weight excluding hydrogens is 382 g/mol. The predicted octanol–water partition coefficient (Wildman–Crippen LogP) is 5.09. The van der Waals surface area contributed by atoms with Gasteiger partial charge in [-0.25, -0.2) is 8.42 Å². The van der Waals surface area contributed by atoms with Crippen molar-refractivity contribution in [2.75, 3.05) is 11.4 Å². The van der Waals surface area contributed by atoms with Gasteiger partial charge in [-0.05, 0) is 81.5 Å². The Morgan fingerprint density at radius 2 is 1.72 bits per heavy atom. The van der Waals surface area contributed by atoms with Gasteiger partial charge < -0.3 is 4.74 Å². The van der Waals surface area contributed by atoms with Gasteiger partial charge in [-0.1, -0.05) is 35.6 Å². The fraction of sp³-hybridized carbons (Fsp3) is 0.333. The van der Waals surface area contributed by atoms with Gasteiger partial charge in [-0.3, -0.25) is 4.31 Å². The molecule has 152 valence electrons. The molecule has 0 spiro atoms. The normalized spacial score (nSPS) is 14.9. The molecule has 1 atom stereocenters. The number of hydrogen-bond donors (Lipinski definition) is 0. The van der Waals surface area contributed by atoms with E-state index in [1.54, 1.807) is 43.5 Å². The van der Waals surface area contributed by atoms with E-state index in [4.69, 9.17) is 4.74 Å². The minimum atomic E-state index is -3.77. The van der Waals surface area contributed by atoms with Crippen molar-refractivity contribution in [2.24, 2.45) is 0 Å². The second-order valence-corrected chi connectivity index (χ2v) is 9.05. The largest absolute Gasteiger partial charge is 0.497 e. The van der Waals surface area contributed by atoms with Crippen molar-refractivity contribution in [2.45, 2.75) is 50.5 Å². The molecule has 3 rings (SSSR count). The van der Waals surface area contributed by atoms with Gasteiger partial charge in [0.15, 0.2) is 0 Å². The van der Waals surface area contributed by atoms with Crippen LogP contribution < -0.4 is 9.04 Å². The van der Waals surface area contributed by atoms with Crippen molar-refractivity contribution in [3.63, 3.8) is 0 Å². The first-order valence-corrected chi connectivity index (χ1v) is 11.3. The van der Waals surface area contributed by atoms with Crippen LogP contribution in [0.5, 0.6) is 5.75 Å². The third kappa shape index (κ3) is 5.02. The number of anilines is 1. The van der Waals surface area contributed by atoms with Crippen LogP contribution >= 0.6 is 0 Å². The molecule has 0 aliphatic heterocycles. The van der Waals surface area contributed by atoms with Crippen LogP contribution in [0.1, 0.15) is 38.2 Å². The number of nitrogens with zero attached hydrogens (tertiary/aromatic N) is 1. The molecule has 5 heteroatoms. The van der Waals surface area contributed by atoms with Crippen molar-refractivity contribution < 1.29 is 13.2 Å². The molecule has 0 bridgehead atoms. The van der Waals surface area contributed by atoms with Gasteiger partial charge in [0, 0.05) is 0 Å². The highest BCUT2D eigenvalue weighted by atomic mass is 32.2. The summed E-state index contributed by atoms with van der Waals surface area (Å²) in [4.78, 5) is 0.254. The summed E-state index contributed by atoms with van der Waals surface area (Å²) in [5, 5.41) is 0. The summed E-state index contributed by atoms with van der Waals surface area (Å²) in [7, 11) is -2.19. The van der Waals surface area contributed by atoms with Gasteiger partial charge in [0.05, 0.1) is 17.7 Å². The molecule has 2 aromatic rings. The molecular formula is C24H27NO3S. The predicted molar refractivity (Wildman–Crippen MR) is 118 cm³/mol. The summed E-state index contributed by atoms with van der Waals surface area (Å²) in [6.45, 7) is 3.76. The number of hydrogen-bond acceptors (Lipinski definition) is 3. The number of aryl methyl sites for hydroxylation is 1. The lowest BCUT2D eigenvalue weighted by molar-refractivity contribution is 0.415. The summed E-state index contributed by atoms with van der Waals surface area (Å²) in [6.07, 6.45) is 6.50. The van der Waals surface area contributed by atoms with Gasteiger partial charge in [-0.15, -0.1) is 0 Å². The Balaban J connectivity index is 2.02. The molecule has 0 saturated heterocycles. The Hall–Kier alpha value is -2.71. The SMILES string of the molecule is COc1ccc(N(C(C)C#CC2=CCCCC2)S(=O)(=O)c2ccc(C)cc2)cc1. The molecule has 0 saturated carbocycles. The molecule has 0 fully saturated rings. The van der Waals surface area contributed by atoms with Crippen LogP contribution in [0.4, 0.5) is 5.69 Å². The van der Waals surface area contributed by atoms with Gasteiger partial charge in [-0.2, -0.15) is 0 Å². The van der Waals surface area contributed by atoms with Crippen LogP contribution in [0.25, 0.3) is 0 Å². The highest BCUT2D eigenvalue weighted by Crippen LogP contribution is 2.28. The summed E-state index contributed by atoms with van der Waals surface area (Å²) < 4.78 is 33.6. The first kappa shape index (κ1) is 21.0. The first-order chi connectivity index (χ1) is 13.9. The molecule has 0 heterocycles. The van der Waals surface area contributed by atoms with Crippen LogP contribution in [0.15, 0.2) is 65.1 Å². The van der Waals surface area contributed by atoms with E-state index in [2.05, 4.69) is 17.9 Å². The molecule has 1 aliphatic carbocycles. The quantitative estimate of drug-likeness (QED) is 0.646. The maximum Gasteiger partial charge on any atom is 0.265 e. The van der Waals surface area contributed by atoms with Crippen LogP contribution in [0.2, 0.25) is 0 Å². The molecule has 4 nitrogen and oxygen atoms in total. The van der Waals surface area contributed by atoms with Crippen molar-refractivity contribution in [3.8, 4) is 17.6 Å². The Labute approximate surface area is 174 Å². The fourth-order valence-electron chi connectivity index (χ4n) is 3.33. The minimum absolute atomic E-state index is 0.254. The Morgan fingerprint density at radius 3 is 2.31 bits per heavy atom. The molecule has 29 heavy (non-hydrogen) atoms. The number of methoxy groups -OCH3 is 1. The number of sulfonamides is 1. The second kappa shape index (κ2) is 9.19. The monoisotopic (exact) mass is 409 g/mol. The maximum absolute atomic E-state index is 13.5. The molecule has 2 aromatic carbocycles. The summed E-state index contributed by atoms with van der Waals surface area (Å²) in [5.41, 5.74) is 2.67. The molecule has 1 unspecified atom stereocenters. The van der Waals surface area contributed by atoms with E-state index in [0.717, 1.165) is 30.4 Å². The molecule has 0 radical (unpaired) electrons. The lowest BCUT2D eigenvalue weighted by atomic mass is 10.00. The van der Waals surface area contributed by atoms with Gasteiger partial charge in [0.25, 0.3) is 10.0 Å². The van der Waals surface area contributed by atoms with Crippen LogP contribution in [-0.2, 0) is 10.0 Å². The molecule has 0 N–H and O–H groups in total. The number of rotatable bonds is 5. The van der Waals surface area contributed by atoms with Gasteiger partial charge in [0.1, 0.15) is 11.8 Å². The van der Waals surface area contributed by atoms with Crippen molar-refractivity contribution in [1.29, 1.82) is 0 Å². The van der Waals surface area contributed by atoms with E-state index in [1.165, 1.54) is 10.7 Å². The second-order valence-electron chi connectivity index (χ2n) is 7.23. The summed E-state index contributed by atoms with van der Waals surface area (Å²) in [6, 6.07) is 13.4. The zero-order valence-corrected chi connectivity index (χ0v) is 18.0. The van der Waals surface area contributed by atoms with E-state index in [0.29, 0.717) is 11.4 Å². The van der Waals surface area contributed by atoms with E-state index < -0.39 is 16.1 Å². The third-order valence-corrected chi connectivity index (χ3v) is 6.90. The van der Waals surface area contributed by atoms with Gasteiger partial charge >= 0.3 is 0 Å². The van der Waals surface area contributed by atoms with E-state index >= 15 is 0 Å². The van der Waals surface area contributed by atoms with E-state index in [1.807, 2.05) is 26.0 Å². The maximum atomic E-state index is 13.5. The average molecular weight is 410 g/mol. The lowest BCUT2D eigenvalue weighted by Gasteiger charge is -2.28. The van der Waals surface area contributed by atoms with Crippen LogP contribution in [0, 0.1) is 18.8 Å². The smallest absolute Gasteiger partial charge is 0.265 e. The zero-order valence-electron chi connectivity index (χ0n) is 17.2. The van der Waals surface area contributed by atoms with E-state index in [9.17, 15) is 8.42 Å². The lowest BCUT2D eigenvalue weighted by Crippen LogP contribution is -2.38. The van der Waals surface area contributed by atoms with Crippen molar-refractivity contribution in [1.82, 2.24) is 0 Å². The average Bonchev–Trinajstić information content (AvgIpc) is 2.74. The van der Waals surface area contributed by atoms with Crippen LogP contribution in [0.3, 0.4) is 0 Å². The first-order valence-electron chi connectivity index (χ1n) is 9.87. The van der Waals surface area contributed by atoms with Crippen LogP contribution in [-0.4, -0.2) is 21.6 Å². The van der Waals surface area contributed by atoms with Gasteiger partial charge in [0.2, 0.25) is 0 Å². The fourth-order valence-corrected chi connectivity index (χ4v) is 4.91. The topological polar surface area (TPSA) is 46.6 Å². The Bertz CT molecular complexity index is 1030. The zero-order chi connectivity index (χ0) is 20.9. The molecule has 0 aromatic heterocycles. The van der Waals surface area contributed by atoms with E-state index in [-0.39, 0.29) is 4.90 Å². The van der Waals surface area contributed by atoms with Crippen molar-refractivity contribution >= 4 is 15.7 Å².